The minimum absolute atomic E-state index is 0.147. The van der Waals surface area contributed by atoms with Gasteiger partial charge in [0, 0.05) is 24.4 Å². The second-order valence-electron chi connectivity index (χ2n) is 4.74. The lowest BCUT2D eigenvalue weighted by molar-refractivity contribution is -0.132. The van der Waals surface area contributed by atoms with Crippen molar-refractivity contribution in [2.75, 3.05) is 5.32 Å². The van der Waals surface area contributed by atoms with Crippen LogP contribution in [0.25, 0.3) is 11.7 Å². The lowest BCUT2D eigenvalue weighted by atomic mass is 10.1. The van der Waals surface area contributed by atoms with Crippen LogP contribution in [0.1, 0.15) is 31.7 Å². The Kier molecular flexibility index (Phi) is 4.07. The van der Waals surface area contributed by atoms with Crippen LogP contribution in [0, 0.1) is 6.92 Å². The molecule has 0 aliphatic carbocycles. The molecule has 0 radical (unpaired) electrons. The van der Waals surface area contributed by atoms with Crippen molar-refractivity contribution in [2.45, 2.75) is 27.2 Å². The van der Waals surface area contributed by atoms with E-state index >= 15 is 0 Å². The van der Waals surface area contributed by atoms with Crippen molar-refractivity contribution in [3.8, 4) is 0 Å². The summed E-state index contributed by atoms with van der Waals surface area (Å²) in [5, 5.41) is 11.8. The number of hydrogen-bond donors (Lipinski definition) is 2. The van der Waals surface area contributed by atoms with Gasteiger partial charge in [0.2, 0.25) is 5.91 Å². The summed E-state index contributed by atoms with van der Waals surface area (Å²) in [5.41, 5.74) is 3.12. The fourth-order valence-electron chi connectivity index (χ4n) is 2.07. The molecule has 6 nitrogen and oxygen atoms in total. The second-order valence-corrected chi connectivity index (χ2v) is 4.74. The number of aromatic nitrogens is 2. The van der Waals surface area contributed by atoms with E-state index in [9.17, 15) is 9.59 Å². The van der Waals surface area contributed by atoms with Gasteiger partial charge in [-0.2, -0.15) is 0 Å². The Bertz CT molecular complexity index is 744. The first-order valence-electron chi connectivity index (χ1n) is 6.62. The number of aliphatic carboxylic acids is 1. The Labute approximate surface area is 122 Å². The third-order valence-corrected chi connectivity index (χ3v) is 3.18. The van der Waals surface area contributed by atoms with Gasteiger partial charge < -0.3 is 14.8 Å². The molecular formula is C15H17N3O3. The molecule has 2 aromatic heterocycles. The zero-order valence-corrected chi connectivity index (χ0v) is 12.2. The van der Waals surface area contributed by atoms with E-state index in [2.05, 4.69) is 10.3 Å². The van der Waals surface area contributed by atoms with Crippen LogP contribution < -0.4 is 5.32 Å². The smallest absolute Gasteiger partial charge is 0.331 e. The molecule has 2 rings (SSSR count). The molecule has 2 aromatic rings. The molecule has 1 amide bonds. The van der Waals surface area contributed by atoms with Crippen LogP contribution in [-0.2, 0) is 9.59 Å². The van der Waals surface area contributed by atoms with Crippen molar-refractivity contribution in [1.29, 1.82) is 0 Å². The predicted octanol–water partition coefficient (Wildman–Crippen LogP) is 2.48. The number of nitrogens with one attached hydrogen (secondary N) is 1. The van der Waals surface area contributed by atoms with E-state index in [1.165, 1.54) is 6.92 Å². The number of hydrogen-bond acceptors (Lipinski definition) is 3. The standard InChI is InChI=1S/C15H17N3O3/c1-4-11(15(20)21)7-13-9(2)18-8-12(16-10(3)19)5-6-14(18)17-13/h5-8H,4H2,1-3H3,(H,16,19)(H,20,21). The molecule has 0 fully saturated rings. The van der Waals surface area contributed by atoms with Gasteiger partial charge in [-0.25, -0.2) is 9.78 Å². The van der Waals surface area contributed by atoms with Crippen molar-refractivity contribution in [3.05, 3.63) is 35.3 Å². The quantitative estimate of drug-likeness (QED) is 0.846. The van der Waals surface area contributed by atoms with Crippen molar-refractivity contribution < 1.29 is 14.7 Å². The number of carbonyl (C=O) groups excluding carboxylic acids is 1. The number of anilines is 1. The molecule has 0 saturated carbocycles. The van der Waals surface area contributed by atoms with Gasteiger partial charge in [0.25, 0.3) is 0 Å². The number of carboxylic acids is 1. The van der Waals surface area contributed by atoms with Crippen LogP contribution in [0.3, 0.4) is 0 Å². The summed E-state index contributed by atoms with van der Waals surface area (Å²) in [5.74, 6) is -1.08. The monoisotopic (exact) mass is 287 g/mol. The maximum atomic E-state index is 11.1. The lowest BCUT2D eigenvalue weighted by Crippen LogP contribution is -2.06. The highest BCUT2D eigenvalue weighted by Crippen LogP contribution is 2.19. The zero-order chi connectivity index (χ0) is 15.6. The van der Waals surface area contributed by atoms with Gasteiger partial charge in [-0.15, -0.1) is 0 Å². The first-order chi connectivity index (χ1) is 9.92. The van der Waals surface area contributed by atoms with Crippen LogP contribution in [0.5, 0.6) is 0 Å². The van der Waals surface area contributed by atoms with Gasteiger partial charge in [-0.05, 0) is 31.6 Å². The average molecular weight is 287 g/mol. The van der Waals surface area contributed by atoms with E-state index in [1.54, 1.807) is 31.3 Å². The van der Waals surface area contributed by atoms with Gasteiger partial charge >= 0.3 is 5.97 Å². The van der Waals surface area contributed by atoms with Crippen LogP contribution in [0.4, 0.5) is 5.69 Å². The molecule has 21 heavy (non-hydrogen) atoms. The van der Waals surface area contributed by atoms with E-state index < -0.39 is 5.97 Å². The fraction of sp³-hybridized carbons (Fsp3) is 0.267. The molecule has 110 valence electrons. The van der Waals surface area contributed by atoms with Crippen molar-refractivity contribution in [3.63, 3.8) is 0 Å². The molecular weight excluding hydrogens is 270 g/mol. The van der Waals surface area contributed by atoms with Crippen LogP contribution in [0.2, 0.25) is 0 Å². The number of imidazole rings is 1. The van der Waals surface area contributed by atoms with Gasteiger partial charge in [0.1, 0.15) is 5.65 Å². The molecule has 2 N–H and O–H groups in total. The summed E-state index contributed by atoms with van der Waals surface area (Å²) in [6.07, 6.45) is 3.78. The molecule has 0 unspecified atom stereocenters. The molecule has 6 heteroatoms. The molecule has 0 aliphatic heterocycles. The lowest BCUT2D eigenvalue weighted by Gasteiger charge is -2.03. The Morgan fingerprint density at radius 1 is 1.43 bits per heavy atom. The third kappa shape index (κ3) is 3.10. The van der Waals surface area contributed by atoms with E-state index in [4.69, 9.17) is 5.11 Å². The number of amides is 1. The van der Waals surface area contributed by atoms with Crippen molar-refractivity contribution in [2.24, 2.45) is 0 Å². The predicted molar refractivity (Wildman–Crippen MR) is 80.1 cm³/mol. The molecule has 2 heterocycles. The zero-order valence-electron chi connectivity index (χ0n) is 12.2. The highest BCUT2D eigenvalue weighted by atomic mass is 16.4. The SMILES string of the molecule is CCC(=Cc1nc2ccc(NC(C)=O)cn2c1C)C(=O)O. The molecule has 0 aromatic carbocycles. The minimum atomic E-state index is -0.937. The Morgan fingerprint density at radius 3 is 2.71 bits per heavy atom. The number of fused-ring (bicyclic) bond motifs is 1. The van der Waals surface area contributed by atoms with Crippen molar-refractivity contribution >= 4 is 29.3 Å². The molecule has 0 aliphatic rings. The number of carboxylic acid groups (broad SMARTS) is 1. The first-order valence-corrected chi connectivity index (χ1v) is 6.62. The van der Waals surface area contributed by atoms with Crippen molar-refractivity contribution in [1.82, 2.24) is 9.38 Å². The Morgan fingerprint density at radius 2 is 2.14 bits per heavy atom. The minimum Gasteiger partial charge on any atom is -0.478 e. The summed E-state index contributed by atoms with van der Waals surface area (Å²) in [7, 11) is 0. The maximum Gasteiger partial charge on any atom is 0.331 e. The van der Waals surface area contributed by atoms with Gasteiger partial charge in [0.15, 0.2) is 0 Å². The Balaban J connectivity index is 2.51. The summed E-state index contributed by atoms with van der Waals surface area (Å²) >= 11 is 0. The van der Waals surface area contributed by atoms with E-state index in [1.807, 2.05) is 11.3 Å². The topological polar surface area (TPSA) is 83.7 Å². The third-order valence-electron chi connectivity index (χ3n) is 3.18. The summed E-state index contributed by atoms with van der Waals surface area (Å²) in [6.45, 7) is 5.10. The van der Waals surface area contributed by atoms with Gasteiger partial charge in [-0.3, -0.25) is 4.79 Å². The number of pyridine rings is 1. The largest absolute Gasteiger partial charge is 0.478 e. The summed E-state index contributed by atoms with van der Waals surface area (Å²) in [4.78, 5) is 26.6. The summed E-state index contributed by atoms with van der Waals surface area (Å²) < 4.78 is 1.83. The fourth-order valence-corrected chi connectivity index (χ4v) is 2.07. The van der Waals surface area contributed by atoms with Gasteiger partial charge in [-0.1, -0.05) is 6.92 Å². The normalized spacial score (nSPS) is 11.7. The molecule has 0 saturated heterocycles. The van der Waals surface area contributed by atoms with Crippen LogP contribution in [0.15, 0.2) is 23.9 Å². The van der Waals surface area contributed by atoms with E-state index in [0.29, 0.717) is 29.0 Å². The maximum absolute atomic E-state index is 11.1. The number of carbonyl (C=O) groups is 2. The van der Waals surface area contributed by atoms with Crippen LogP contribution >= 0.6 is 0 Å². The molecule has 0 spiro atoms. The number of nitrogens with zero attached hydrogens (tertiary/aromatic N) is 2. The summed E-state index contributed by atoms with van der Waals surface area (Å²) in [6, 6.07) is 3.54. The number of rotatable bonds is 4. The molecule has 0 bridgehead atoms. The highest BCUT2D eigenvalue weighted by Gasteiger charge is 2.11. The van der Waals surface area contributed by atoms with E-state index in [0.717, 1.165) is 5.69 Å². The molecule has 0 atom stereocenters. The second kappa shape index (κ2) is 5.78. The van der Waals surface area contributed by atoms with E-state index in [-0.39, 0.29) is 5.91 Å². The Hall–Kier alpha value is -2.63. The highest BCUT2D eigenvalue weighted by molar-refractivity contribution is 5.92. The van der Waals surface area contributed by atoms with Gasteiger partial charge in [0.05, 0.1) is 11.4 Å². The average Bonchev–Trinajstić information content (AvgIpc) is 2.72. The first kappa shape index (κ1) is 14.8. The number of aryl methyl sites for hydroxylation is 1. The van der Waals surface area contributed by atoms with Crippen LogP contribution in [-0.4, -0.2) is 26.4 Å².